The number of nitrogens with one attached hydrogen (secondary N) is 1. The van der Waals surface area contributed by atoms with E-state index in [0.29, 0.717) is 17.2 Å². The van der Waals surface area contributed by atoms with Crippen molar-refractivity contribution in [2.75, 3.05) is 36.0 Å². The molecule has 0 unspecified atom stereocenters. The van der Waals surface area contributed by atoms with Crippen molar-refractivity contribution in [1.29, 1.82) is 0 Å². The van der Waals surface area contributed by atoms with E-state index in [0.717, 1.165) is 37.6 Å². The van der Waals surface area contributed by atoms with E-state index in [1.165, 1.54) is 12.3 Å². The number of nitrogens with zero attached hydrogens (tertiary/aromatic N) is 4. The number of nitrogens with two attached hydrogens (primary N) is 1. The molecule has 3 aromatic rings. The zero-order valence-electron chi connectivity index (χ0n) is 16.2. The van der Waals surface area contributed by atoms with Crippen LogP contribution in [0.25, 0.3) is 11.3 Å². The third kappa shape index (κ3) is 4.57. The van der Waals surface area contributed by atoms with Gasteiger partial charge < -0.3 is 20.0 Å². The number of thiocarbonyl (C=S) groups is 1. The van der Waals surface area contributed by atoms with Crippen LogP contribution in [0.1, 0.15) is 5.76 Å². The van der Waals surface area contributed by atoms with E-state index < -0.39 is 0 Å². The number of para-hydroxylation sites is 1. The number of piperazine rings is 1. The molecule has 0 radical (unpaired) electrons. The minimum atomic E-state index is -0.183. The lowest BCUT2D eigenvalue weighted by atomic mass is 10.2. The van der Waals surface area contributed by atoms with Gasteiger partial charge in [-0.05, 0) is 48.6 Å². The predicted molar refractivity (Wildman–Crippen MR) is 120 cm³/mol. The molecule has 1 aliphatic rings. The van der Waals surface area contributed by atoms with Gasteiger partial charge in [-0.3, -0.25) is 5.43 Å². The summed E-state index contributed by atoms with van der Waals surface area (Å²) in [6, 6.07) is 14.5. The molecule has 0 spiro atoms. The lowest BCUT2D eigenvalue weighted by Gasteiger charge is -2.36. The zero-order valence-corrected chi connectivity index (χ0v) is 17.0. The van der Waals surface area contributed by atoms with Gasteiger partial charge in [0.25, 0.3) is 0 Å². The van der Waals surface area contributed by atoms with Crippen LogP contribution in [0.5, 0.6) is 0 Å². The Labute approximate surface area is 179 Å². The quantitative estimate of drug-likeness (QED) is 0.370. The minimum Gasteiger partial charge on any atom is -0.455 e. The standard InChI is InChI=1S/C21H21FN6OS/c22-17-3-1-2-4-18(17)27-9-11-28(12-10-27)20-8-5-15(13-24-20)19-7-6-16(29-19)14-25-26-21(23)30/h1-8,13-14H,9-12H2,(H3,23,26,30)/b25-14+. The van der Waals surface area contributed by atoms with Crippen LogP contribution in [-0.2, 0) is 0 Å². The molecular weight excluding hydrogens is 403 g/mol. The summed E-state index contributed by atoms with van der Waals surface area (Å²) in [6.07, 6.45) is 3.28. The highest BCUT2D eigenvalue weighted by atomic mass is 32.1. The molecule has 1 fully saturated rings. The SMILES string of the molecule is NC(=S)N/N=C/c1ccc(-c2ccc(N3CCN(c4ccccc4F)CC3)nc2)o1. The maximum Gasteiger partial charge on any atom is 0.184 e. The molecule has 154 valence electrons. The second kappa shape index (κ2) is 8.91. The summed E-state index contributed by atoms with van der Waals surface area (Å²) in [6.45, 7) is 3.03. The fourth-order valence-corrected chi connectivity index (χ4v) is 3.39. The molecule has 0 aliphatic carbocycles. The van der Waals surface area contributed by atoms with E-state index in [9.17, 15) is 4.39 Å². The molecule has 1 saturated heterocycles. The fourth-order valence-electron chi connectivity index (χ4n) is 3.34. The van der Waals surface area contributed by atoms with Crippen molar-refractivity contribution in [1.82, 2.24) is 10.4 Å². The van der Waals surface area contributed by atoms with E-state index in [-0.39, 0.29) is 10.9 Å². The summed E-state index contributed by atoms with van der Waals surface area (Å²) in [5, 5.41) is 3.96. The molecule has 4 rings (SSSR count). The van der Waals surface area contributed by atoms with Gasteiger partial charge in [-0.25, -0.2) is 9.37 Å². The first-order valence-corrected chi connectivity index (χ1v) is 9.90. The van der Waals surface area contributed by atoms with Gasteiger partial charge in [-0.15, -0.1) is 0 Å². The second-order valence-electron chi connectivity index (χ2n) is 6.77. The van der Waals surface area contributed by atoms with E-state index in [4.69, 9.17) is 10.2 Å². The third-order valence-electron chi connectivity index (χ3n) is 4.82. The van der Waals surface area contributed by atoms with Gasteiger partial charge in [-0.2, -0.15) is 5.10 Å². The van der Waals surface area contributed by atoms with Crippen LogP contribution in [0.3, 0.4) is 0 Å². The molecule has 0 amide bonds. The molecule has 0 bridgehead atoms. The fraction of sp³-hybridized carbons (Fsp3) is 0.190. The number of hydrogen-bond donors (Lipinski definition) is 2. The number of benzene rings is 1. The number of anilines is 2. The molecule has 1 aromatic carbocycles. The van der Waals surface area contributed by atoms with Crippen LogP contribution in [-0.4, -0.2) is 42.5 Å². The van der Waals surface area contributed by atoms with Gasteiger partial charge in [-0.1, -0.05) is 12.1 Å². The first-order chi connectivity index (χ1) is 14.6. The van der Waals surface area contributed by atoms with Gasteiger partial charge in [0.2, 0.25) is 0 Å². The van der Waals surface area contributed by atoms with E-state index in [1.807, 2.05) is 30.3 Å². The number of halogens is 1. The van der Waals surface area contributed by atoms with Crippen molar-refractivity contribution >= 4 is 35.1 Å². The molecule has 0 saturated carbocycles. The van der Waals surface area contributed by atoms with Crippen LogP contribution in [0.2, 0.25) is 0 Å². The maximum atomic E-state index is 14.0. The van der Waals surface area contributed by atoms with E-state index in [2.05, 4.69) is 37.5 Å². The van der Waals surface area contributed by atoms with Gasteiger partial charge in [0.1, 0.15) is 23.2 Å². The largest absolute Gasteiger partial charge is 0.455 e. The summed E-state index contributed by atoms with van der Waals surface area (Å²) in [5.41, 5.74) is 9.32. The first kappa shape index (κ1) is 19.8. The topological polar surface area (TPSA) is 82.9 Å². The molecule has 0 atom stereocenters. The monoisotopic (exact) mass is 424 g/mol. The molecular formula is C21H21FN6OS. The minimum absolute atomic E-state index is 0.0903. The van der Waals surface area contributed by atoms with Gasteiger partial charge in [0, 0.05) is 37.9 Å². The highest BCUT2D eigenvalue weighted by molar-refractivity contribution is 7.80. The normalized spacial score (nSPS) is 14.3. The molecule has 9 heteroatoms. The predicted octanol–water partition coefficient (Wildman–Crippen LogP) is 2.97. The Hall–Kier alpha value is -3.46. The van der Waals surface area contributed by atoms with Crippen LogP contribution < -0.4 is 21.0 Å². The van der Waals surface area contributed by atoms with E-state index in [1.54, 1.807) is 18.3 Å². The van der Waals surface area contributed by atoms with Crippen molar-refractivity contribution in [3.63, 3.8) is 0 Å². The average molecular weight is 425 g/mol. The smallest absolute Gasteiger partial charge is 0.184 e. The van der Waals surface area contributed by atoms with Crippen molar-refractivity contribution in [2.45, 2.75) is 0 Å². The lowest BCUT2D eigenvalue weighted by molar-refractivity contribution is 0.574. The number of pyridine rings is 1. The summed E-state index contributed by atoms with van der Waals surface area (Å²) >= 11 is 4.69. The van der Waals surface area contributed by atoms with Crippen LogP contribution >= 0.6 is 12.2 Å². The number of aromatic nitrogens is 1. The summed E-state index contributed by atoms with van der Waals surface area (Å²) in [5.74, 6) is 1.97. The lowest BCUT2D eigenvalue weighted by Crippen LogP contribution is -2.47. The van der Waals surface area contributed by atoms with Crippen molar-refractivity contribution in [2.24, 2.45) is 10.8 Å². The average Bonchev–Trinajstić information content (AvgIpc) is 3.23. The second-order valence-corrected chi connectivity index (χ2v) is 7.21. The summed E-state index contributed by atoms with van der Waals surface area (Å²) in [7, 11) is 0. The van der Waals surface area contributed by atoms with Crippen molar-refractivity contribution in [3.05, 3.63) is 66.3 Å². The Morgan fingerprint density at radius 1 is 1.10 bits per heavy atom. The van der Waals surface area contributed by atoms with Gasteiger partial charge in [0.05, 0.1) is 11.9 Å². The molecule has 3 N–H and O–H groups in total. The Morgan fingerprint density at radius 3 is 2.57 bits per heavy atom. The van der Waals surface area contributed by atoms with E-state index >= 15 is 0 Å². The Balaban J connectivity index is 1.38. The van der Waals surface area contributed by atoms with Crippen molar-refractivity contribution in [3.8, 4) is 11.3 Å². The Morgan fingerprint density at radius 2 is 1.87 bits per heavy atom. The van der Waals surface area contributed by atoms with Crippen LogP contribution in [0.15, 0.2) is 64.2 Å². The number of hydrogen-bond acceptors (Lipinski definition) is 6. The van der Waals surface area contributed by atoms with Crippen molar-refractivity contribution < 1.29 is 8.81 Å². The van der Waals surface area contributed by atoms with Gasteiger partial charge in [0.15, 0.2) is 5.11 Å². The molecule has 30 heavy (non-hydrogen) atoms. The number of hydrazone groups is 1. The summed E-state index contributed by atoms with van der Waals surface area (Å²) < 4.78 is 19.7. The highest BCUT2D eigenvalue weighted by Gasteiger charge is 2.20. The number of furan rings is 1. The highest BCUT2D eigenvalue weighted by Crippen LogP contribution is 2.25. The summed E-state index contributed by atoms with van der Waals surface area (Å²) in [4.78, 5) is 8.85. The zero-order chi connectivity index (χ0) is 20.9. The Bertz CT molecular complexity index is 1040. The maximum absolute atomic E-state index is 14.0. The molecule has 3 heterocycles. The Kier molecular flexibility index (Phi) is 5.89. The number of rotatable bonds is 5. The van der Waals surface area contributed by atoms with Crippen LogP contribution in [0, 0.1) is 5.82 Å². The van der Waals surface area contributed by atoms with Gasteiger partial charge >= 0.3 is 0 Å². The third-order valence-corrected chi connectivity index (χ3v) is 4.91. The first-order valence-electron chi connectivity index (χ1n) is 9.49. The molecule has 1 aliphatic heterocycles. The molecule has 2 aromatic heterocycles. The molecule has 7 nitrogen and oxygen atoms in total. The van der Waals surface area contributed by atoms with Crippen LogP contribution in [0.4, 0.5) is 15.9 Å².